The largest absolute Gasteiger partial charge is 0.482 e. The van der Waals surface area contributed by atoms with Crippen LogP contribution in [0.4, 0.5) is 10.1 Å². The average Bonchev–Trinajstić information content (AvgIpc) is 3.40. The first-order valence-corrected chi connectivity index (χ1v) is 7.93. The molecule has 1 aliphatic carbocycles. The second-order valence-corrected chi connectivity index (χ2v) is 6.07. The number of rotatable bonds is 6. The SMILES string of the molecule is CN(C(=O)[C@H]1C[C@H]1c1ccc(F)cc1)c1ccc(OCC(=O)O)cc1. The first-order chi connectivity index (χ1) is 12.0. The highest BCUT2D eigenvalue weighted by molar-refractivity contribution is 5.97. The first kappa shape index (κ1) is 17.0. The van der Waals surface area contributed by atoms with Crippen LogP contribution in [0.2, 0.25) is 0 Å². The summed E-state index contributed by atoms with van der Waals surface area (Å²) in [6.45, 7) is -0.407. The molecule has 0 aliphatic heterocycles. The van der Waals surface area contributed by atoms with Crippen LogP contribution in [0.1, 0.15) is 17.9 Å². The fourth-order valence-corrected chi connectivity index (χ4v) is 2.83. The highest BCUT2D eigenvalue weighted by Crippen LogP contribution is 2.48. The van der Waals surface area contributed by atoms with Gasteiger partial charge in [0, 0.05) is 18.7 Å². The average molecular weight is 343 g/mol. The van der Waals surface area contributed by atoms with Gasteiger partial charge < -0.3 is 14.7 Å². The molecule has 1 N–H and O–H groups in total. The number of amides is 1. The molecule has 0 radical (unpaired) electrons. The number of carbonyl (C=O) groups excluding carboxylic acids is 1. The number of halogens is 1. The molecule has 1 amide bonds. The van der Waals surface area contributed by atoms with Crippen molar-refractivity contribution < 1.29 is 23.8 Å². The normalized spacial score (nSPS) is 18.5. The lowest BCUT2D eigenvalue weighted by molar-refractivity contribution is -0.139. The standard InChI is InChI=1S/C19H18FNO4/c1-21(14-6-8-15(9-7-14)25-11-18(22)23)19(24)17-10-16(17)12-2-4-13(20)5-3-12/h2-9,16-17H,10-11H2,1H3,(H,22,23)/t16-,17-/m0/s1. The Bertz CT molecular complexity index is 773. The number of nitrogens with zero attached hydrogens (tertiary/aromatic N) is 1. The molecule has 0 bridgehead atoms. The number of aliphatic carboxylic acids is 1. The van der Waals surface area contributed by atoms with E-state index in [1.807, 2.05) is 0 Å². The van der Waals surface area contributed by atoms with E-state index in [1.165, 1.54) is 12.1 Å². The molecule has 2 atom stereocenters. The first-order valence-electron chi connectivity index (χ1n) is 7.93. The maximum Gasteiger partial charge on any atom is 0.341 e. The van der Waals surface area contributed by atoms with Crippen LogP contribution in [0, 0.1) is 11.7 Å². The minimum absolute atomic E-state index is 0.00790. The van der Waals surface area contributed by atoms with E-state index < -0.39 is 12.6 Å². The topological polar surface area (TPSA) is 66.8 Å². The molecule has 1 aliphatic rings. The van der Waals surface area contributed by atoms with Crippen molar-refractivity contribution in [3.63, 3.8) is 0 Å². The summed E-state index contributed by atoms with van der Waals surface area (Å²) in [4.78, 5) is 24.7. The Labute approximate surface area is 144 Å². The molecule has 0 spiro atoms. The van der Waals surface area contributed by atoms with Crippen molar-refractivity contribution in [1.82, 2.24) is 0 Å². The van der Waals surface area contributed by atoms with Crippen LogP contribution in [0.25, 0.3) is 0 Å². The fourth-order valence-electron chi connectivity index (χ4n) is 2.83. The van der Waals surface area contributed by atoms with Crippen molar-refractivity contribution >= 4 is 17.6 Å². The molecule has 1 saturated carbocycles. The van der Waals surface area contributed by atoms with Gasteiger partial charge in [-0.2, -0.15) is 0 Å². The van der Waals surface area contributed by atoms with Crippen LogP contribution in [-0.4, -0.2) is 30.6 Å². The summed E-state index contributed by atoms with van der Waals surface area (Å²) >= 11 is 0. The Morgan fingerprint density at radius 2 is 1.80 bits per heavy atom. The molecular formula is C19H18FNO4. The lowest BCUT2D eigenvalue weighted by Gasteiger charge is -2.18. The zero-order chi connectivity index (χ0) is 18.0. The Morgan fingerprint density at radius 3 is 2.40 bits per heavy atom. The third-order valence-corrected chi connectivity index (χ3v) is 4.32. The van der Waals surface area contributed by atoms with E-state index in [0.717, 1.165) is 12.0 Å². The van der Waals surface area contributed by atoms with E-state index in [1.54, 1.807) is 48.3 Å². The van der Waals surface area contributed by atoms with E-state index in [4.69, 9.17) is 9.84 Å². The summed E-state index contributed by atoms with van der Waals surface area (Å²) in [5.41, 5.74) is 1.68. The van der Waals surface area contributed by atoms with Gasteiger partial charge >= 0.3 is 5.97 Å². The van der Waals surface area contributed by atoms with Crippen LogP contribution in [0.3, 0.4) is 0 Å². The predicted octanol–water partition coefficient (Wildman–Crippen LogP) is 3.06. The van der Waals surface area contributed by atoms with Gasteiger partial charge in [0.2, 0.25) is 5.91 Å². The third kappa shape index (κ3) is 3.96. The lowest BCUT2D eigenvalue weighted by atomic mass is 10.1. The van der Waals surface area contributed by atoms with Gasteiger partial charge in [0.15, 0.2) is 6.61 Å². The Kier molecular flexibility index (Phi) is 4.70. The van der Waals surface area contributed by atoms with Crippen LogP contribution in [0.5, 0.6) is 5.75 Å². The molecule has 0 unspecified atom stereocenters. The van der Waals surface area contributed by atoms with Gasteiger partial charge in [-0.25, -0.2) is 9.18 Å². The van der Waals surface area contributed by atoms with Gasteiger partial charge in [0.25, 0.3) is 0 Å². The Balaban J connectivity index is 1.61. The van der Waals surface area contributed by atoms with Gasteiger partial charge in [-0.15, -0.1) is 0 Å². The molecule has 25 heavy (non-hydrogen) atoms. The molecule has 0 saturated heterocycles. The molecule has 6 heteroatoms. The van der Waals surface area contributed by atoms with Crippen LogP contribution in [-0.2, 0) is 9.59 Å². The smallest absolute Gasteiger partial charge is 0.341 e. The molecule has 2 aromatic carbocycles. The van der Waals surface area contributed by atoms with Gasteiger partial charge in [0.05, 0.1) is 0 Å². The van der Waals surface area contributed by atoms with E-state index in [-0.39, 0.29) is 23.6 Å². The van der Waals surface area contributed by atoms with Crippen molar-refractivity contribution in [2.75, 3.05) is 18.6 Å². The molecule has 2 aromatic rings. The monoisotopic (exact) mass is 343 g/mol. The summed E-state index contributed by atoms with van der Waals surface area (Å²) in [6.07, 6.45) is 0.759. The zero-order valence-corrected chi connectivity index (χ0v) is 13.7. The third-order valence-electron chi connectivity index (χ3n) is 4.32. The second kappa shape index (κ2) is 6.93. The molecular weight excluding hydrogens is 325 g/mol. The summed E-state index contributed by atoms with van der Waals surface area (Å²) in [5.74, 6) is -0.852. The van der Waals surface area contributed by atoms with Crippen LogP contribution in [0.15, 0.2) is 48.5 Å². The van der Waals surface area contributed by atoms with Crippen molar-refractivity contribution in [3.8, 4) is 5.75 Å². The number of carbonyl (C=O) groups is 2. The zero-order valence-electron chi connectivity index (χ0n) is 13.7. The van der Waals surface area contributed by atoms with E-state index >= 15 is 0 Å². The number of carboxylic acids is 1. The molecule has 5 nitrogen and oxygen atoms in total. The Morgan fingerprint density at radius 1 is 1.16 bits per heavy atom. The maximum atomic E-state index is 13.0. The number of carboxylic acid groups (broad SMARTS) is 1. The van der Waals surface area contributed by atoms with Crippen molar-refractivity contribution in [2.24, 2.45) is 5.92 Å². The van der Waals surface area contributed by atoms with Crippen molar-refractivity contribution in [1.29, 1.82) is 0 Å². The number of hydrogen-bond donors (Lipinski definition) is 1. The van der Waals surface area contributed by atoms with Crippen LogP contribution >= 0.6 is 0 Å². The molecule has 130 valence electrons. The molecule has 0 heterocycles. The van der Waals surface area contributed by atoms with Crippen molar-refractivity contribution in [2.45, 2.75) is 12.3 Å². The minimum Gasteiger partial charge on any atom is -0.482 e. The molecule has 3 rings (SSSR count). The lowest BCUT2D eigenvalue weighted by Crippen LogP contribution is -2.28. The summed E-state index contributed by atoms with van der Waals surface area (Å²) in [5, 5.41) is 8.59. The van der Waals surface area contributed by atoms with Crippen molar-refractivity contribution in [3.05, 3.63) is 59.9 Å². The minimum atomic E-state index is -1.04. The summed E-state index contributed by atoms with van der Waals surface area (Å²) in [7, 11) is 1.70. The second-order valence-electron chi connectivity index (χ2n) is 6.07. The van der Waals surface area contributed by atoms with E-state index in [9.17, 15) is 14.0 Å². The predicted molar refractivity (Wildman–Crippen MR) is 90.2 cm³/mol. The number of benzene rings is 2. The maximum absolute atomic E-state index is 13.0. The van der Waals surface area contributed by atoms with E-state index in [0.29, 0.717) is 11.4 Å². The summed E-state index contributed by atoms with van der Waals surface area (Å²) < 4.78 is 18.1. The molecule has 0 aromatic heterocycles. The van der Waals surface area contributed by atoms with Crippen LogP contribution < -0.4 is 9.64 Å². The van der Waals surface area contributed by atoms with Gasteiger partial charge in [-0.3, -0.25) is 4.79 Å². The summed E-state index contributed by atoms with van der Waals surface area (Å²) in [6, 6.07) is 13.0. The van der Waals surface area contributed by atoms with E-state index in [2.05, 4.69) is 0 Å². The van der Waals surface area contributed by atoms with Gasteiger partial charge in [-0.1, -0.05) is 12.1 Å². The highest BCUT2D eigenvalue weighted by Gasteiger charge is 2.45. The molecule has 1 fully saturated rings. The number of anilines is 1. The Hall–Kier alpha value is -2.89. The quantitative estimate of drug-likeness (QED) is 0.875. The van der Waals surface area contributed by atoms with Gasteiger partial charge in [-0.05, 0) is 54.3 Å². The number of ether oxygens (including phenoxy) is 1. The van der Waals surface area contributed by atoms with Gasteiger partial charge in [0.1, 0.15) is 11.6 Å². The highest BCUT2D eigenvalue weighted by atomic mass is 19.1. The fraction of sp³-hybridized carbons (Fsp3) is 0.263. The number of hydrogen-bond acceptors (Lipinski definition) is 3.